The van der Waals surface area contributed by atoms with Gasteiger partial charge in [0.1, 0.15) is 0 Å². The van der Waals surface area contributed by atoms with Gasteiger partial charge in [0.05, 0.1) is 0 Å². The molecule has 4 nitrogen and oxygen atoms in total. The summed E-state index contributed by atoms with van der Waals surface area (Å²) in [5.41, 5.74) is 4.87. The van der Waals surface area contributed by atoms with Crippen LogP contribution in [0.3, 0.4) is 0 Å². The van der Waals surface area contributed by atoms with Crippen LogP contribution in [-0.2, 0) is 16.5 Å². The third-order valence-electron chi connectivity index (χ3n) is 4.38. The number of rotatable bonds is 6. The third-order valence-corrected chi connectivity index (χ3v) is 7.92. The van der Waals surface area contributed by atoms with Crippen LogP contribution in [0, 0.1) is 13.8 Å². The van der Waals surface area contributed by atoms with Crippen molar-refractivity contribution in [3.8, 4) is 0 Å². The van der Waals surface area contributed by atoms with E-state index in [0.717, 1.165) is 22.8 Å². The molecule has 2 rings (SSSR count). The maximum absolute atomic E-state index is 4.92. The third kappa shape index (κ3) is 17.0. The summed E-state index contributed by atoms with van der Waals surface area (Å²) in [6.45, 7) is 31.2. The largest absolute Gasteiger partial charge is 2.00 e. The van der Waals surface area contributed by atoms with Crippen LogP contribution in [0.1, 0.15) is 22.3 Å². The van der Waals surface area contributed by atoms with Gasteiger partial charge in [-0.15, -0.1) is 0 Å². The fourth-order valence-electron chi connectivity index (χ4n) is 2.98. The Morgan fingerprint density at radius 1 is 0.486 bits per heavy atom. The van der Waals surface area contributed by atoms with E-state index in [-0.39, 0.29) is 16.5 Å². The number of nitrogens with zero attached hydrogens (tertiary/aromatic N) is 4. The van der Waals surface area contributed by atoms with E-state index in [9.17, 15) is 0 Å². The van der Waals surface area contributed by atoms with Gasteiger partial charge in [-0.1, -0.05) is 150 Å². The van der Waals surface area contributed by atoms with Gasteiger partial charge in [-0.2, -0.15) is 0 Å². The molecule has 0 saturated heterocycles. The summed E-state index contributed by atoms with van der Waals surface area (Å²) in [5, 5.41) is 0. The molecule has 0 fully saturated rings. The van der Waals surface area contributed by atoms with Gasteiger partial charge in [-0.3, -0.25) is 0 Å². The molecule has 0 aliphatic rings. The summed E-state index contributed by atoms with van der Waals surface area (Å²) in [7, 11) is -6.00. The van der Waals surface area contributed by atoms with Gasteiger partial charge in [0.15, 0.2) is 0 Å². The molecule has 0 spiro atoms. The molecule has 0 radical (unpaired) electrons. The van der Waals surface area contributed by atoms with Crippen molar-refractivity contribution < 1.29 is 16.5 Å². The summed E-state index contributed by atoms with van der Waals surface area (Å²) in [4.78, 5) is 9.84. The Kier molecular flexibility index (Phi) is 13.7. The minimum atomic E-state index is -1.50. The minimum Gasteiger partial charge on any atom is -0.472 e. The van der Waals surface area contributed by atoms with Crippen LogP contribution in [0.25, 0.3) is 9.96 Å². The summed E-state index contributed by atoms with van der Waals surface area (Å²) in [5.74, 6) is 1.93. The van der Waals surface area contributed by atoms with E-state index in [1.54, 1.807) is 0 Å². The predicted molar refractivity (Wildman–Crippen MR) is 176 cm³/mol. The maximum Gasteiger partial charge on any atom is 2.00 e. The van der Waals surface area contributed by atoms with Crippen molar-refractivity contribution in [3.63, 3.8) is 0 Å². The summed E-state index contributed by atoms with van der Waals surface area (Å²) in [6.07, 6.45) is 0. The Morgan fingerprint density at radius 2 is 0.730 bits per heavy atom. The second kappa shape index (κ2) is 14.2. The van der Waals surface area contributed by atoms with Crippen molar-refractivity contribution in [2.45, 2.75) is 92.4 Å². The first-order valence-corrected chi connectivity index (χ1v) is 26.7. The summed E-state index contributed by atoms with van der Waals surface area (Å²) in [6, 6.07) is 17.1. The molecule has 0 aliphatic heterocycles. The molecular weight excluding hydrogens is 563 g/mol. The second-order valence-electron chi connectivity index (χ2n) is 13.5. The van der Waals surface area contributed by atoms with E-state index < -0.39 is 32.9 Å². The Labute approximate surface area is 242 Å². The van der Waals surface area contributed by atoms with Gasteiger partial charge in [-0.05, 0) is 25.0 Å². The van der Waals surface area contributed by atoms with Crippen molar-refractivity contribution in [1.29, 1.82) is 0 Å². The molecule has 0 saturated carbocycles. The van der Waals surface area contributed by atoms with Crippen LogP contribution in [-0.4, -0.2) is 44.6 Å². The van der Waals surface area contributed by atoms with Crippen LogP contribution in [0.15, 0.2) is 57.8 Å². The number of benzene rings is 2. The maximum atomic E-state index is 4.92. The molecule has 0 aliphatic carbocycles. The van der Waals surface area contributed by atoms with Crippen molar-refractivity contribution in [2.24, 2.45) is 9.32 Å². The van der Waals surface area contributed by atoms with Crippen molar-refractivity contribution in [2.75, 3.05) is 0 Å². The van der Waals surface area contributed by atoms with Crippen LogP contribution < -0.4 is 0 Å². The van der Waals surface area contributed by atoms with Gasteiger partial charge in [0.2, 0.25) is 0 Å². The number of aryl methyl sites for hydroxylation is 2. The molecule has 0 bridgehead atoms. The molecule has 37 heavy (non-hydrogen) atoms. The number of hydrogen-bond acceptors (Lipinski definition) is 2. The number of hydrogen-bond donors (Lipinski definition) is 0. The molecule has 0 amide bonds. The van der Waals surface area contributed by atoms with Crippen LogP contribution in [0.4, 0.5) is 0 Å². The summed E-state index contributed by atoms with van der Waals surface area (Å²) >= 11 is 0. The van der Waals surface area contributed by atoms with Gasteiger partial charge in [0.25, 0.3) is 0 Å². The average molecular weight is 614 g/mol. The van der Waals surface area contributed by atoms with E-state index in [1.165, 1.54) is 11.1 Å². The molecule has 9 heteroatoms. The van der Waals surface area contributed by atoms with Gasteiger partial charge in [-0.25, -0.2) is 0 Å². The smallest absolute Gasteiger partial charge is 0.472 e. The van der Waals surface area contributed by atoms with E-state index in [1.807, 2.05) is 0 Å². The first kappa shape index (κ1) is 35.7. The van der Waals surface area contributed by atoms with Crippen molar-refractivity contribution in [3.05, 3.63) is 80.7 Å². The zero-order valence-electron chi connectivity index (χ0n) is 25.7. The standard InChI is InChI=1S/2C14H25N2Si2.Ni/c2*1-12-8-10-13(11-9-12)14(15-17(2,3)4)16-18(5,6)7;/h2*8-11H,1-7H3;/q2*-1;+2. The first-order valence-electron chi connectivity index (χ1n) is 12.9. The molecule has 0 heterocycles. The van der Waals surface area contributed by atoms with Crippen molar-refractivity contribution in [1.82, 2.24) is 0 Å². The molecule has 2 aromatic rings. The van der Waals surface area contributed by atoms with E-state index in [4.69, 9.17) is 19.3 Å². The van der Waals surface area contributed by atoms with E-state index >= 15 is 0 Å². The number of amidine groups is 2. The van der Waals surface area contributed by atoms with Crippen LogP contribution in [0.5, 0.6) is 0 Å². The Bertz CT molecular complexity index is 937. The Hall–Kier alpha value is -1.26. The average Bonchev–Trinajstić information content (AvgIpc) is 2.64. The molecule has 2 aromatic carbocycles. The quantitative estimate of drug-likeness (QED) is 0.177. The predicted octanol–water partition coefficient (Wildman–Crippen LogP) is 9.57. The van der Waals surface area contributed by atoms with E-state index in [2.05, 4.69) is 141 Å². The molecule has 0 atom stereocenters. The molecule has 0 N–H and O–H groups in total. The normalized spacial score (nSPS) is 13.2. The van der Waals surface area contributed by atoms with Crippen LogP contribution >= 0.6 is 0 Å². The fraction of sp³-hybridized carbons (Fsp3) is 0.500. The molecular formula is C28H50N4NiSi4. The SMILES string of the molecule is Cc1ccc(/C(=N\[Si](C)(C)C)[N-][Si](C)(C)C)cc1.Cc1ccc(/C(=N\[Si](C)(C)C)[N-][Si](C)(C)C)cc1.[Ni+2]. The first-order chi connectivity index (χ1) is 16.1. The van der Waals surface area contributed by atoms with Crippen LogP contribution in [0.2, 0.25) is 78.6 Å². The van der Waals surface area contributed by atoms with Gasteiger partial charge >= 0.3 is 16.5 Å². The molecule has 208 valence electrons. The van der Waals surface area contributed by atoms with E-state index in [0.29, 0.717) is 0 Å². The molecule has 0 aromatic heterocycles. The zero-order valence-corrected chi connectivity index (χ0v) is 30.7. The van der Waals surface area contributed by atoms with Crippen molar-refractivity contribution >= 4 is 44.6 Å². The molecule has 0 unspecified atom stereocenters. The zero-order chi connectivity index (χ0) is 27.9. The Morgan fingerprint density at radius 3 is 0.919 bits per heavy atom. The monoisotopic (exact) mass is 612 g/mol. The fourth-order valence-corrected chi connectivity index (χ4v) is 6.44. The van der Waals surface area contributed by atoms with Gasteiger partial charge in [0, 0.05) is 32.9 Å². The topological polar surface area (TPSA) is 52.9 Å². The Balaban J connectivity index is 0.000000682. The summed E-state index contributed by atoms with van der Waals surface area (Å²) < 4.78 is 9.84. The minimum absolute atomic E-state index is 0. The van der Waals surface area contributed by atoms with Gasteiger partial charge < -0.3 is 19.3 Å². The second-order valence-corrected chi connectivity index (χ2v) is 31.8.